The molecular formula is C18H20N2O2S. The molecule has 0 atom stereocenters. The van der Waals surface area contributed by atoms with Crippen LogP contribution >= 0.6 is 11.3 Å². The number of aliphatic hydroxyl groups is 1. The molecule has 0 saturated heterocycles. The molecule has 3 rings (SSSR count). The van der Waals surface area contributed by atoms with E-state index in [-0.39, 0.29) is 12.4 Å². The number of rotatable bonds is 8. The van der Waals surface area contributed by atoms with Crippen molar-refractivity contribution in [2.45, 2.75) is 32.2 Å². The lowest BCUT2D eigenvalue weighted by atomic mass is 10.1. The van der Waals surface area contributed by atoms with E-state index >= 15 is 0 Å². The zero-order valence-corrected chi connectivity index (χ0v) is 13.8. The maximum atomic E-state index is 12.6. The summed E-state index contributed by atoms with van der Waals surface area (Å²) in [5, 5.41) is 12.6. The van der Waals surface area contributed by atoms with Gasteiger partial charge in [0.05, 0.1) is 6.42 Å². The van der Waals surface area contributed by atoms with Crippen LogP contribution < -0.4 is 0 Å². The predicted octanol–water partition coefficient (Wildman–Crippen LogP) is 3.69. The Labute approximate surface area is 139 Å². The van der Waals surface area contributed by atoms with Gasteiger partial charge < -0.3 is 9.67 Å². The Morgan fingerprint density at radius 2 is 2.09 bits per heavy atom. The van der Waals surface area contributed by atoms with Crippen molar-refractivity contribution in [1.29, 1.82) is 0 Å². The second-order valence-electron chi connectivity index (χ2n) is 5.56. The van der Waals surface area contributed by atoms with E-state index in [1.807, 2.05) is 29.8 Å². The Kier molecular flexibility index (Phi) is 5.20. The average Bonchev–Trinajstić information content (AvgIpc) is 3.19. The van der Waals surface area contributed by atoms with Gasteiger partial charge in [0, 0.05) is 47.4 Å². The maximum absolute atomic E-state index is 12.6. The van der Waals surface area contributed by atoms with Crippen molar-refractivity contribution in [3.63, 3.8) is 0 Å². The monoisotopic (exact) mass is 328 g/mol. The predicted molar refractivity (Wildman–Crippen MR) is 93.0 cm³/mol. The number of thiazole rings is 1. The summed E-state index contributed by atoms with van der Waals surface area (Å²) < 4.78 is 2.15. The van der Waals surface area contributed by atoms with Gasteiger partial charge in [0.1, 0.15) is 5.01 Å². The van der Waals surface area contributed by atoms with Crippen LogP contribution in [0.1, 0.15) is 34.6 Å². The number of ketones is 1. The highest BCUT2D eigenvalue weighted by Crippen LogP contribution is 2.24. The number of para-hydroxylation sites is 1. The maximum Gasteiger partial charge on any atom is 0.171 e. The molecule has 2 heterocycles. The zero-order valence-electron chi connectivity index (χ0n) is 12.9. The number of fused-ring (bicyclic) bond motifs is 1. The summed E-state index contributed by atoms with van der Waals surface area (Å²) in [5.74, 6) is 0.116. The Bertz CT molecular complexity index is 778. The van der Waals surface area contributed by atoms with E-state index in [2.05, 4.69) is 15.6 Å². The lowest BCUT2D eigenvalue weighted by Gasteiger charge is -2.04. The van der Waals surface area contributed by atoms with E-state index in [0.29, 0.717) is 6.42 Å². The molecule has 0 aliphatic rings. The molecule has 5 heteroatoms. The first-order valence-electron chi connectivity index (χ1n) is 7.90. The molecule has 120 valence electrons. The zero-order chi connectivity index (χ0) is 16.1. The van der Waals surface area contributed by atoms with Gasteiger partial charge in [-0.15, -0.1) is 11.3 Å². The molecule has 2 aromatic heterocycles. The number of benzene rings is 1. The van der Waals surface area contributed by atoms with E-state index in [4.69, 9.17) is 5.11 Å². The molecule has 4 nitrogen and oxygen atoms in total. The quantitative estimate of drug-likeness (QED) is 0.507. The smallest absolute Gasteiger partial charge is 0.171 e. The van der Waals surface area contributed by atoms with E-state index < -0.39 is 0 Å². The van der Waals surface area contributed by atoms with Crippen molar-refractivity contribution < 1.29 is 9.90 Å². The highest BCUT2D eigenvalue weighted by Gasteiger charge is 2.16. The van der Waals surface area contributed by atoms with Gasteiger partial charge in [0.15, 0.2) is 5.78 Å². The highest BCUT2D eigenvalue weighted by molar-refractivity contribution is 7.09. The third kappa shape index (κ3) is 3.68. The first-order chi connectivity index (χ1) is 11.3. The van der Waals surface area contributed by atoms with Crippen molar-refractivity contribution in [3.05, 3.63) is 52.6 Å². The molecule has 0 amide bonds. The molecule has 0 fully saturated rings. The van der Waals surface area contributed by atoms with Crippen molar-refractivity contribution in [1.82, 2.24) is 9.55 Å². The first-order valence-corrected chi connectivity index (χ1v) is 8.78. The largest absolute Gasteiger partial charge is 0.396 e. The number of carbonyl (C=O) groups excluding carboxylic acids is 1. The number of unbranched alkanes of at least 4 members (excludes halogenated alkanes) is 2. The van der Waals surface area contributed by atoms with Crippen molar-refractivity contribution >= 4 is 28.0 Å². The van der Waals surface area contributed by atoms with Gasteiger partial charge in [-0.25, -0.2) is 4.98 Å². The number of aromatic nitrogens is 2. The Morgan fingerprint density at radius 1 is 1.22 bits per heavy atom. The molecule has 23 heavy (non-hydrogen) atoms. The van der Waals surface area contributed by atoms with Crippen LogP contribution in [0.15, 0.2) is 42.0 Å². The average molecular weight is 328 g/mol. The van der Waals surface area contributed by atoms with E-state index in [1.54, 1.807) is 6.20 Å². The van der Waals surface area contributed by atoms with Crippen LogP contribution in [0.3, 0.4) is 0 Å². The summed E-state index contributed by atoms with van der Waals surface area (Å²) in [7, 11) is 0. The van der Waals surface area contributed by atoms with Crippen molar-refractivity contribution in [3.8, 4) is 0 Å². The van der Waals surface area contributed by atoms with Crippen LogP contribution in [-0.2, 0) is 13.0 Å². The summed E-state index contributed by atoms with van der Waals surface area (Å²) in [4.78, 5) is 16.8. The highest BCUT2D eigenvalue weighted by atomic mass is 32.1. The summed E-state index contributed by atoms with van der Waals surface area (Å²) in [6, 6.07) is 8.04. The molecule has 1 N–H and O–H groups in total. The normalized spacial score (nSPS) is 11.2. The molecule has 1 aromatic carbocycles. The fraction of sp³-hybridized carbons (Fsp3) is 0.333. The number of Topliss-reactive ketones (excluding diaryl/α,β-unsaturated/α-hetero) is 1. The lowest BCUT2D eigenvalue weighted by molar-refractivity contribution is 0.0994. The Hall–Kier alpha value is -1.98. The molecule has 0 aliphatic carbocycles. The molecule has 0 unspecified atom stereocenters. The minimum Gasteiger partial charge on any atom is -0.396 e. The van der Waals surface area contributed by atoms with Crippen LogP contribution in [0.25, 0.3) is 10.9 Å². The van der Waals surface area contributed by atoms with Crippen LogP contribution in [0.2, 0.25) is 0 Å². The van der Waals surface area contributed by atoms with Gasteiger partial charge in [0.25, 0.3) is 0 Å². The number of carbonyl (C=O) groups is 1. The Balaban J connectivity index is 1.83. The topological polar surface area (TPSA) is 55.1 Å². The van der Waals surface area contributed by atoms with Gasteiger partial charge in [-0.1, -0.05) is 18.2 Å². The molecule has 3 aromatic rings. The molecule has 0 saturated carbocycles. The SMILES string of the molecule is O=C(Cc1nccs1)c1cn(CCCCCO)c2ccccc12. The number of hydrogen-bond donors (Lipinski definition) is 1. The van der Waals surface area contributed by atoms with Crippen LogP contribution in [0.5, 0.6) is 0 Å². The van der Waals surface area contributed by atoms with Gasteiger partial charge in [-0.3, -0.25) is 4.79 Å². The van der Waals surface area contributed by atoms with Crippen LogP contribution in [0, 0.1) is 0 Å². The Morgan fingerprint density at radius 3 is 2.87 bits per heavy atom. The molecule has 0 aliphatic heterocycles. The first kappa shape index (κ1) is 15.9. The number of aryl methyl sites for hydroxylation is 1. The minimum absolute atomic E-state index is 0.116. The molecule has 0 bridgehead atoms. The van der Waals surface area contributed by atoms with Gasteiger partial charge in [-0.2, -0.15) is 0 Å². The standard InChI is InChI=1S/C18H20N2O2S/c21-10-5-1-4-9-20-13-15(14-6-2-3-7-16(14)20)17(22)12-18-19-8-11-23-18/h2-3,6-8,11,13,21H,1,4-5,9-10,12H2. The molecule has 0 spiro atoms. The minimum atomic E-state index is 0.116. The summed E-state index contributed by atoms with van der Waals surface area (Å²) in [6.45, 7) is 1.11. The fourth-order valence-electron chi connectivity index (χ4n) is 2.80. The summed E-state index contributed by atoms with van der Waals surface area (Å²) in [6.07, 6.45) is 6.88. The lowest BCUT2D eigenvalue weighted by Crippen LogP contribution is -2.03. The van der Waals surface area contributed by atoms with Crippen LogP contribution in [-0.4, -0.2) is 27.0 Å². The molecule has 0 radical (unpaired) electrons. The van der Waals surface area contributed by atoms with E-state index in [0.717, 1.165) is 47.3 Å². The van der Waals surface area contributed by atoms with Gasteiger partial charge >= 0.3 is 0 Å². The summed E-state index contributed by atoms with van der Waals surface area (Å²) >= 11 is 1.52. The fourth-order valence-corrected chi connectivity index (χ4v) is 3.41. The van der Waals surface area contributed by atoms with Crippen molar-refractivity contribution in [2.75, 3.05) is 6.61 Å². The second kappa shape index (κ2) is 7.53. The third-order valence-corrected chi connectivity index (χ3v) is 4.72. The number of aliphatic hydroxyl groups excluding tert-OH is 1. The van der Waals surface area contributed by atoms with Gasteiger partial charge in [-0.05, 0) is 25.3 Å². The third-order valence-electron chi connectivity index (χ3n) is 3.94. The second-order valence-corrected chi connectivity index (χ2v) is 6.54. The van der Waals surface area contributed by atoms with E-state index in [1.165, 1.54) is 11.3 Å². The number of nitrogens with zero attached hydrogens (tertiary/aromatic N) is 2. The summed E-state index contributed by atoms with van der Waals surface area (Å²) in [5.41, 5.74) is 1.87. The van der Waals surface area contributed by atoms with Crippen LogP contribution in [0.4, 0.5) is 0 Å². The number of hydrogen-bond acceptors (Lipinski definition) is 4. The van der Waals surface area contributed by atoms with Gasteiger partial charge in [0.2, 0.25) is 0 Å². The van der Waals surface area contributed by atoms with Crippen molar-refractivity contribution in [2.24, 2.45) is 0 Å². The van der Waals surface area contributed by atoms with E-state index in [9.17, 15) is 4.79 Å². The molecular weight excluding hydrogens is 308 g/mol.